The van der Waals surface area contributed by atoms with Crippen LogP contribution >= 0.6 is 0 Å². The Bertz CT molecular complexity index is 1490. The Morgan fingerprint density at radius 1 is 1.14 bits per heavy atom. The van der Waals surface area contributed by atoms with Crippen molar-refractivity contribution in [1.82, 2.24) is 14.8 Å². The molecule has 0 spiro atoms. The van der Waals surface area contributed by atoms with Crippen LogP contribution in [0.5, 0.6) is 11.5 Å². The summed E-state index contributed by atoms with van der Waals surface area (Å²) >= 11 is 0. The molecule has 0 aliphatic heterocycles. The van der Waals surface area contributed by atoms with E-state index in [9.17, 15) is 9.00 Å². The van der Waals surface area contributed by atoms with Crippen LogP contribution in [0.2, 0.25) is 0 Å². The van der Waals surface area contributed by atoms with Gasteiger partial charge in [-0.15, -0.1) is 0 Å². The van der Waals surface area contributed by atoms with Crippen LogP contribution in [0.25, 0.3) is 10.9 Å². The van der Waals surface area contributed by atoms with Crippen molar-refractivity contribution in [1.29, 1.82) is 0 Å². The second kappa shape index (κ2) is 9.81. The lowest BCUT2D eigenvalue weighted by molar-refractivity contribution is -0.115. The number of aryl methyl sites for hydroxylation is 2. The number of aromatic nitrogens is 3. The third kappa shape index (κ3) is 5.46. The number of amides is 1. The van der Waals surface area contributed by atoms with Crippen molar-refractivity contribution < 1.29 is 18.1 Å². The number of hydrogen-bond donors (Lipinski definition) is 1. The maximum absolute atomic E-state index is 15.0. The van der Waals surface area contributed by atoms with Crippen LogP contribution in [-0.4, -0.2) is 31.1 Å². The van der Waals surface area contributed by atoms with Gasteiger partial charge in [-0.3, -0.25) is 18.7 Å². The highest BCUT2D eigenvalue weighted by atomic mass is 32.2. The Hall–Kier alpha value is -3.59. The molecule has 2 aromatic carbocycles. The van der Waals surface area contributed by atoms with Crippen LogP contribution in [-0.2, 0) is 27.6 Å². The highest BCUT2D eigenvalue weighted by Crippen LogP contribution is 2.34. The van der Waals surface area contributed by atoms with Gasteiger partial charge in [-0.1, -0.05) is 0 Å². The molecule has 0 aliphatic carbocycles. The van der Waals surface area contributed by atoms with Crippen molar-refractivity contribution in [3.05, 3.63) is 71.4 Å². The van der Waals surface area contributed by atoms with Gasteiger partial charge in [0.25, 0.3) is 0 Å². The van der Waals surface area contributed by atoms with E-state index in [4.69, 9.17) is 4.74 Å². The van der Waals surface area contributed by atoms with Gasteiger partial charge in [-0.25, -0.2) is 4.39 Å². The average molecular weight is 509 g/mol. The van der Waals surface area contributed by atoms with Gasteiger partial charge in [0.1, 0.15) is 17.3 Å². The molecule has 1 atom stereocenters. The number of hydrogen-bond acceptors (Lipinski definition) is 5. The van der Waals surface area contributed by atoms with E-state index in [1.165, 1.54) is 6.07 Å². The van der Waals surface area contributed by atoms with Gasteiger partial charge in [0.2, 0.25) is 5.91 Å². The first-order valence-corrected chi connectivity index (χ1v) is 13.0. The molecule has 0 saturated carbocycles. The molecule has 4 rings (SSSR count). The molecule has 1 amide bonds. The van der Waals surface area contributed by atoms with E-state index in [0.29, 0.717) is 38.5 Å². The topological polar surface area (TPSA) is 86.1 Å². The van der Waals surface area contributed by atoms with E-state index in [1.807, 2.05) is 33.8 Å². The van der Waals surface area contributed by atoms with Crippen LogP contribution in [0.15, 0.2) is 53.8 Å². The van der Waals surface area contributed by atoms with Crippen molar-refractivity contribution in [3.63, 3.8) is 0 Å². The van der Waals surface area contributed by atoms with Crippen LogP contribution < -0.4 is 10.1 Å². The molecule has 7 nitrogen and oxygen atoms in total. The Balaban J connectivity index is 1.55. The molecular formula is C27H29FN4O3S. The van der Waals surface area contributed by atoms with Gasteiger partial charge in [0.05, 0.1) is 40.2 Å². The van der Waals surface area contributed by atoms with E-state index >= 15 is 4.39 Å². The molecule has 0 radical (unpaired) electrons. The highest BCUT2D eigenvalue weighted by molar-refractivity contribution is 7.84. The zero-order valence-electron chi connectivity index (χ0n) is 21.2. The van der Waals surface area contributed by atoms with Crippen molar-refractivity contribution in [2.75, 3.05) is 11.6 Å². The summed E-state index contributed by atoms with van der Waals surface area (Å²) < 4.78 is 35.0. The first-order valence-electron chi connectivity index (χ1n) is 11.5. The predicted octanol–water partition coefficient (Wildman–Crippen LogP) is 5.65. The number of halogens is 1. The monoisotopic (exact) mass is 508 g/mol. The Morgan fingerprint density at radius 2 is 1.89 bits per heavy atom. The summed E-state index contributed by atoms with van der Waals surface area (Å²) in [6, 6.07) is 8.25. The third-order valence-corrected chi connectivity index (χ3v) is 6.84. The predicted molar refractivity (Wildman–Crippen MR) is 140 cm³/mol. The summed E-state index contributed by atoms with van der Waals surface area (Å²) in [5.41, 5.74) is 2.86. The van der Waals surface area contributed by atoms with Crippen LogP contribution in [0.4, 0.5) is 10.1 Å². The molecule has 4 aromatic rings. The molecule has 0 aliphatic rings. The Kier molecular flexibility index (Phi) is 6.95. The summed E-state index contributed by atoms with van der Waals surface area (Å²) in [5, 5.41) is 7.72. The molecule has 188 valence electrons. The lowest BCUT2D eigenvalue weighted by Crippen LogP contribution is -2.22. The summed E-state index contributed by atoms with van der Waals surface area (Å²) in [7, 11) is -1.17. The van der Waals surface area contributed by atoms with E-state index in [-0.39, 0.29) is 23.4 Å². The van der Waals surface area contributed by atoms with Gasteiger partial charge >= 0.3 is 0 Å². The average Bonchev–Trinajstić information content (AvgIpc) is 3.25. The van der Waals surface area contributed by atoms with Crippen molar-refractivity contribution in [3.8, 4) is 11.5 Å². The van der Waals surface area contributed by atoms with E-state index in [0.717, 1.165) is 5.56 Å². The minimum absolute atomic E-state index is 0.128. The van der Waals surface area contributed by atoms with E-state index in [1.54, 1.807) is 54.7 Å². The number of carbonyl (C=O) groups is 1. The lowest BCUT2D eigenvalue weighted by Gasteiger charge is -2.18. The summed E-state index contributed by atoms with van der Waals surface area (Å²) in [5.74, 6) is -0.0716. The van der Waals surface area contributed by atoms with Gasteiger partial charge in [0, 0.05) is 35.0 Å². The number of ether oxygens (including phenoxy) is 1. The second-order valence-corrected chi connectivity index (χ2v) is 11.1. The number of anilines is 1. The molecule has 1 N–H and O–H groups in total. The van der Waals surface area contributed by atoms with Gasteiger partial charge < -0.3 is 10.1 Å². The van der Waals surface area contributed by atoms with E-state index < -0.39 is 16.6 Å². The minimum Gasteiger partial charge on any atom is -0.456 e. The fourth-order valence-corrected chi connectivity index (χ4v) is 4.67. The van der Waals surface area contributed by atoms with E-state index in [2.05, 4.69) is 15.4 Å². The maximum atomic E-state index is 15.0. The van der Waals surface area contributed by atoms with Crippen molar-refractivity contribution in [2.45, 2.75) is 51.5 Å². The molecule has 36 heavy (non-hydrogen) atoms. The molecular weight excluding hydrogens is 479 g/mol. The smallest absolute Gasteiger partial charge is 0.228 e. The molecule has 2 aromatic heterocycles. The first kappa shape index (κ1) is 25.5. The minimum atomic E-state index is -1.17. The molecule has 2 heterocycles. The Morgan fingerprint density at radius 3 is 2.56 bits per heavy atom. The fraction of sp³-hybridized carbons (Fsp3) is 0.296. The van der Waals surface area contributed by atoms with Crippen LogP contribution in [0.1, 0.15) is 37.5 Å². The van der Waals surface area contributed by atoms with Crippen LogP contribution in [0, 0.1) is 19.7 Å². The maximum Gasteiger partial charge on any atom is 0.228 e. The summed E-state index contributed by atoms with van der Waals surface area (Å²) in [4.78, 5) is 17.6. The van der Waals surface area contributed by atoms with Crippen molar-refractivity contribution >= 4 is 33.3 Å². The van der Waals surface area contributed by atoms with Crippen LogP contribution in [0.3, 0.4) is 0 Å². The summed E-state index contributed by atoms with van der Waals surface area (Å²) in [6.45, 7) is 9.70. The number of carbonyl (C=O) groups excluding carboxylic acids is 1. The number of pyridine rings is 1. The molecule has 9 heteroatoms. The van der Waals surface area contributed by atoms with Gasteiger partial charge in [-0.05, 0) is 75.6 Å². The zero-order chi connectivity index (χ0) is 26.2. The second-order valence-electron chi connectivity index (χ2n) is 9.78. The third-order valence-electron chi connectivity index (χ3n) is 5.78. The van der Waals surface area contributed by atoms with Gasteiger partial charge in [-0.2, -0.15) is 5.10 Å². The molecule has 0 saturated heterocycles. The molecule has 0 bridgehead atoms. The quantitative estimate of drug-likeness (QED) is 0.364. The molecule has 0 fully saturated rings. The fourth-order valence-electron chi connectivity index (χ4n) is 3.87. The number of rotatable bonds is 6. The zero-order valence-corrected chi connectivity index (χ0v) is 22.0. The number of fused-ring (bicyclic) bond motifs is 1. The summed E-state index contributed by atoms with van der Waals surface area (Å²) in [6.07, 6.45) is 6.43. The molecule has 1 unspecified atom stereocenters. The number of nitrogens with one attached hydrogen (secondary N) is 1. The highest BCUT2D eigenvalue weighted by Gasteiger charge is 2.17. The normalized spacial score (nSPS) is 12.5. The standard InChI is InChI=1S/C27H29FN4O3S/c1-16-9-18(11-26(33)31-19-14-30-32(15-19)27(3,4)5)21(28)13-24(16)35-23-7-8-29-22-10-17(2)25(36(6)34)12-20(22)23/h7-10,12-15H,11H2,1-6H3,(H,31,33). The SMILES string of the molecule is Cc1cc(CC(=O)Nc2cnn(C(C)(C)C)c2)c(F)cc1Oc1ccnc2cc(C)c(S(C)=O)cc12. The lowest BCUT2D eigenvalue weighted by atomic mass is 10.1. The largest absolute Gasteiger partial charge is 0.456 e. The van der Waals surface area contributed by atoms with Crippen molar-refractivity contribution in [2.24, 2.45) is 0 Å². The Labute approximate surface area is 212 Å². The van der Waals surface area contributed by atoms with Gasteiger partial charge in [0.15, 0.2) is 0 Å². The number of benzene rings is 2. The first-order chi connectivity index (χ1) is 16.9. The number of nitrogens with zero attached hydrogens (tertiary/aromatic N) is 3.